The Hall–Kier alpha value is -1.52. The lowest BCUT2D eigenvalue weighted by Gasteiger charge is -2.39. The van der Waals surface area contributed by atoms with Crippen LogP contribution in [0.15, 0.2) is 6.07 Å². The Kier molecular flexibility index (Phi) is 3.09. The van der Waals surface area contributed by atoms with Crippen LogP contribution in [0.4, 0.5) is 4.79 Å². The fraction of sp³-hybridized carbons (Fsp3) is 0.692. The molecule has 0 saturated carbocycles. The van der Waals surface area contributed by atoms with Gasteiger partial charge in [0, 0.05) is 31.7 Å². The van der Waals surface area contributed by atoms with Crippen molar-refractivity contribution in [3.8, 4) is 0 Å². The third-order valence-electron chi connectivity index (χ3n) is 2.99. The second-order valence-corrected chi connectivity index (χ2v) is 5.92. The zero-order valence-electron chi connectivity index (χ0n) is 11.7. The molecule has 1 aromatic rings. The Morgan fingerprint density at radius 2 is 2.06 bits per heavy atom. The summed E-state index contributed by atoms with van der Waals surface area (Å²) in [6, 6.07) is 2.08. The Bertz CT molecular complexity index is 453. The molecule has 0 radical (unpaired) electrons. The molecular formula is C13H21N3O2. The highest BCUT2D eigenvalue weighted by Crippen LogP contribution is 2.28. The first-order valence-electron chi connectivity index (χ1n) is 6.25. The summed E-state index contributed by atoms with van der Waals surface area (Å²) < 4.78 is 7.22. The van der Waals surface area contributed by atoms with Crippen LogP contribution >= 0.6 is 0 Å². The highest BCUT2D eigenvalue weighted by molar-refractivity contribution is 5.69. The first-order valence-corrected chi connectivity index (χ1v) is 6.25. The smallest absolute Gasteiger partial charge is 0.410 e. The Labute approximate surface area is 108 Å². The summed E-state index contributed by atoms with van der Waals surface area (Å²) in [5.74, 6) is 0.378. The number of aryl methyl sites for hydroxylation is 2. The number of hydrogen-bond acceptors (Lipinski definition) is 3. The lowest BCUT2D eigenvalue weighted by Crippen LogP contribution is -2.50. The van der Waals surface area contributed by atoms with Crippen LogP contribution in [-0.4, -0.2) is 39.5 Å². The number of hydrogen-bond donors (Lipinski definition) is 0. The summed E-state index contributed by atoms with van der Waals surface area (Å²) in [7, 11) is 1.94. The molecule has 18 heavy (non-hydrogen) atoms. The largest absolute Gasteiger partial charge is 0.444 e. The van der Waals surface area contributed by atoms with E-state index in [1.54, 1.807) is 4.90 Å². The number of aromatic nitrogens is 2. The summed E-state index contributed by atoms with van der Waals surface area (Å²) in [5.41, 5.74) is 1.78. The van der Waals surface area contributed by atoms with E-state index < -0.39 is 5.60 Å². The molecule has 0 spiro atoms. The molecule has 0 aliphatic carbocycles. The fourth-order valence-corrected chi connectivity index (χ4v) is 2.15. The van der Waals surface area contributed by atoms with Crippen LogP contribution in [0.5, 0.6) is 0 Å². The SMILES string of the molecule is Cc1cc(C2CN(C(=O)OC(C)(C)C)C2)n(C)n1. The van der Waals surface area contributed by atoms with E-state index in [-0.39, 0.29) is 6.09 Å². The van der Waals surface area contributed by atoms with Gasteiger partial charge in [0.2, 0.25) is 0 Å². The van der Waals surface area contributed by atoms with E-state index in [1.807, 2.05) is 39.4 Å². The number of carbonyl (C=O) groups excluding carboxylic acids is 1. The summed E-state index contributed by atoms with van der Waals surface area (Å²) in [6.45, 7) is 9.06. The molecule has 0 unspecified atom stereocenters. The van der Waals surface area contributed by atoms with Gasteiger partial charge < -0.3 is 9.64 Å². The van der Waals surface area contributed by atoms with Crippen molar-refractivity contribution in [2.45, 2.75) is 39.2 Å². The molecule has 1 amide bonds. The molecular weight excluding hydrogens is 230 g/mol. The van der Waals surface area contributed by atoms with Gasteiger partial charge in [-0.15, -0.1) is 0 Å². The van der Waals surface area contributed by atoms with E-state index in [2.05, 4.69) is 11.2 Å². The maximum atomic E-state index is 11.8. The summed E-state index contributed by atoms with van der Waals surface area (Å²) in [5, 5.41) is 4.33. The van der Waals surface area contributed by atoms with Gasteiger partial charge in [-0.1, -0.05) is 0 Å². The number of ether oxygens (including phenoxy) is 1. The maximum absolute atomic E-state index is 11.8. The minimum absolute atomic E-state index is 0.224. The highest BCUT2D eigenvalue weighted by Gasteiger charge is 2.35. The van der Waals surface area contributed by atoms with Crippen molar-refractivity contribution in [2.75, 3.05) is 13.1 Å². The minimum atomic E-state index is -0.425. The molecule has 1 aliphatic rings. The topological polar surface area (TPSA) is 47.4 Å². The van der Waals surface area contributed by atoms with E-state index in [9.17, 15) is 4.79 Å². The lowest BCUT2D eigenvalue weighted by atomic mass is 9.96. The molecule has 5 nitrogen and oxygen atoms in total. The zero-order valence-corrected chi connectivity index (χ0v) is 11.7. The normalized spacial score (nSPS) is 16.6. The van der Waals surface area contributed by atoms with E-state index in [0.717, 1.165) is 5.69 Å². The monoisotopic (exact) mass is 251 g/mol. The van der Waals surface area contributed by atoms with Crippen molar-refractivity contribution in [3.05, 3.63) is 17.5 Å². The van der Waals surface area contributed by atoms with Crippen LogP contribution in [0.3, 0.4) is 0 Å². The van der Waals surface area contributed by atoms with Gasteiger partial charge in [-0.2, -0.15) is 5.10 Å². The first kappa shape index (κ1) is 12.9. The van der Waals surface area contributed by atoms with Gasteiger partial charge >= 0.3 is 6.09 Å². The van der Waals surface area contributed by atoms with Crippen LogP contribution in [0, 0.1) is 6.92 Å². The summed E-state index contributed by atoms with van der Waals surface area (Å²) in [4.78, 5) is 13.5. The van der Waals surface area contributed by atoms with Gasteiger partial charge in [0.1, 0.15) is 5.60 Å². The number of nitrogens with zero attached hydrogens (tertiary/aromatic N) is 3. The van der Waals surface area contributed by atoms with Crippen LogP contribution in [0.1, 0.15) is 38.1 Å². The van der Waals surface area contributed by atoms with E-state index in [4.69, 9.17) is 4.74 Å². The second-order valence-electron chi connectivity index (χ2n) is 5.92. The third-order valence-corrected chi connectivity index (χ3v) is 2.99. The molecule has 0 N–H and O–H groups in total. The number of rotatable bonds is 1. The van der Waals surface area contributed by atoms with Crippen LogP contribution < -0.4 is 0 Å². The molecule has 100 valence electrons. The quantitative estimate of drug-likeness (QED) is 0.767. The standard InChI is InChI=1S/C13H21N3O2/c1-9-6-11(15(5)14-9)10-7-16(8-10)12(17)18-13(2,3)4/h6,10H,7-8H2,1-5H3. The number of carbonyl (C=O) groups is 1. The van der Waals surface area contributed by atoms with Crippen molar-refractivity contribution in [3.63, 3.8) is 0 Å². The molecule has 1 saturated heterocycles. The predicted octanol–water partition coefficient (Wildman–Crippen LogP) is 2.06. The van der Waals surface area contributed by atoms with Crippen molar-refractivity contribution >= 4 is 6.09 Å². The molecule has 1 aromatic heterocycles. The molecule has 1 aliphatic heterocycles. The number of likely N-dealkylation sites (tertiary alicyclic amines) is 1. The van der Waals surface area contributed by atoms with E-state index >= 15 is 0 Å². The summed E-state index contributed by atoms with van der Waals surface area (Å²) >= 11 is 0. The zero-order chi connectivity index (χ0) is 13.5. The second kappa shape index (κ2) is 4.30. The fourth-order valence-electron chi connectivity index (χ4n) is 2.15. The maximum Gasteiger partial charge on any atom is 0.410 e. The van der Waals surface area contributed by atoms with Gasteiger partial charge in [-0.05, 0) is 33.8 Å². The van der Waals surface area contributed by atoms with Crippen molar-refractivity contribution < 1.29 is 9.53 Å². The van der Waals surface area contributed by atoms with Crippen LogP contribution in [0.25, 0.3) is 0 Å². The minimum Gasteiger partial charge on any atom is -0.444 e. The number of amides is 1. The Morgan fingerprint density at radius 1 is 1.44 bits per heavy atom. The molecule has 0 atom stereocenters. The van der Waals surface area contributed by atoms with Crippen molar-refractivity contribution in [1.29, 1.82) is 0 Å². The van der Waals surface area contributed by atoms with Gasteiger partial charge in [0.15, 0.2) is 0 Å². The average Bonchev–Trinajstić information content (AvgIpc) is 2.39. The van der Waals surface area contributed by atoms with Gasteiger partial charge in [0.25, 0.3) is 0 Å². The molecule has 2 rings (SSSR count). The third kappa shape index (κ3) is 2.66. The van der Waals surface area contributed by atoms with Gasteiger partial charge in [-0.25, -0.2) is 4.79 Å². The first-order chi connectivity index (χ1) is 8.26. The predicted molar refractivity (Wildman–Crippen MR) is 68.5 cm³/mol. The molecule has 2 heterocycles. The van der Waals surface area contributed by atoms with Gasteiger partial charge in [-0.3, -0.25) is 4.68 Å². The van der Waals surface area contributed by atoms with E-state index in [1.165, 1.54) is 5.69 Å². The molecule has 1 fully saturated rings. The van der Waals surface area contributed by atoms with Gasteiger partial charge in [0.05, 0.1) is 5.69 Å². The highest BCUT2D eigenvalue weighted by atomic mass is 16.6. The lowest BCUT2D eigenvalue weighted by molar-refractivity contribution is 0.00757. The molecule has 0 bridgehead atoms. The van der Waals surface area contributed by atoms with Crippen molar-refractivity contribution in [1.82, 2.24) is 14.7 Å². The summed E-state index contributed by atoms with van der Waals surface area (Å²) in [6.07, 6.45) is -0.224. The molecule has 0 aromatic carbocycles. The Balaban J connectivity index is 1.91. The molecule has 5 heteroatoms. The van der Waals surface area contributed by atoms with E-state index in [0.29, 0.717) is 19.0 Å². The van der Waals surface area contributed by atoms with Crippen LogP contribution in [-0.2, 0) is 11.8 Å². The average molecular weight is 251 g/mol. The van der Waals surface area contributed by atoms with Crippen molar-refractivity contribution in [2.24, 2.45) is 7.05 Å². The van der Waals surface area contributed by atoms with Crippen LogP contribution in [0.2, 0.25) is 0 Å². The Morgan fingerprint density at radius 3 is 2.50 bits per heavy atom.